The molecule has 1 fully saturated rings. The summed E-state index contributed by atoms with van der Waals surface area (Å²) in [6.45, 7) is 7.14. The molecule has 0 aromatic heterocycles. The standard InChI is InChI=1S/C33H40ClN3O4S/c1-5-30(33(39)35-27-9-6-7-10-27)36(21-26-17-13-23(2)14-18-26)32(38)22-37(31-12-8-11-29(34)25(31)4)42(40,41)28-19-15-24(3)16-20-28/h8,11-20,27,30H,5-7,9-10,21-22H2,1-4H3,(H,35,39)/t30-/m1/s1. The number of benzene rings is 3. The summed E-state index contributed by atoms with van der Waals surface area (Å²) in [6, 6.07) is 18.6. The largest absolute Gasteiger partial charge is 0.352 e. The molecule has 4 rings (SSSR count). The van der Waals surface area contributed by atoms with Gasteiger partial charge in [0.2, 0.25) is 11.8 Å². The number of hydrogen-bond donors (Lipinski definition) is 1. The van der Waals surface area contributed by atoms with Gasteiger partial charge in [-0.2, -0.15) is 0 Å². The van der Waals surface area contributed by atoms with Gasteiger partial charge in [0, 0.05) is 17.6 Å². The highest BCUT2D eigenvalue weighted by atomic mass is 35.5. The minimum atomic E-state index is -4.16. The van der Waals surface area contributed by atoms with Crippen LogP contribution in [-0.4, -0.2) is 43.8 Å². The van der Waals surface area contributed by atoms with E-state index in [1.165, 1.54) is 17.0 Å². The van der Waals surface area contributed by atoms with Crippen LogP contribution < -0.4 is 9.62 Å². The van der Waals surface area contributed by atoms with E-state index >= 15 is 0 Å². The van der Waals surface area contributed by atoms with E-state index in [-0.39, 0.29) is 23.4 Å². The highest BCUT2D eigenvalue weighted by molar-refractivity contribution is 7.92. The molecule has 0 saturated heterocycles. The number of carbonyl (C=O) groups is 2. The molecule has 0 unspecified atom stereocenters. The van der Waals surface area contributed by atoms with Crippen LogP contribution in [0.1, 0.15) is 61.3 Å². The van der Waals surface area contributed by atoms with Crippen molar-refractivity contribution in [2.45, 2.75) is 83.3 Å². The van der Waals surface area contributed by atoms with E-state index in [9.17, 15) is 18.0 Å². The fourth-order valence-electron chi connectivity index (χ4n) is 5.39. The maximum Gasteiger partial charge on any atom is 0.264 e. The smallest absolute Gasteiger partial charge is 0.264 e. The molecular formula is C33H40ClN3O4S. The molecule has 0 spiro atoms. The SMILES string of the molecule is CC[C@H](C(=O)NC1CCCC1)N(Cc1ccc(C)cc1)C(=O)CN(c1cccc(Cl)c1C)S(=O)(=O)c1ccc(C)cc1. The Kier molecular flexibility index (Phi) is 10.3. The molecule has 2 amide bonds. The van der Waals surface area contributed by atoms with Crippen LogP contribution in [0.25, 0.3) is 0 Å². The molecule has 0 bridgehead atoms. The molecule has 7 nitrogen and oxygen atoms in total. The molecule has 1 atom stereocenters. The predicted octanol–water partition coefficient (Wildman–Crippen LogP) is 6.33. The van der Waals surface area contributed by atoms with Crippen LogP contribution in [0.15, 0.2) is 71.6 Å². The normalized spacial score (nSPS) is 14.4. The fraction of sp³-hybridized carbons (Fsp3) is 0.394. The second kappa shape index (κ2) is 13.7. The van der Waals surface area contributed by atoms with Crippen LogP contribution in [-0.2, 0) is 26.2 Å². The van der Waals surface area contributed by atoms with Gasteiger partial charge in [0.15, 0.2) is 0 Å². The molecule has 1 aliphatic carbocycles. The fourth-order valence-corrected chi connectivity index (χ4v) is 7.04. The summed E-state index contributed by atoms with van der Waals surface area (Å²) in [6.07, 6.45) is 4.36. The number of carbonyl (C=O) groups excluding carboxylic acids is 2. The Labute approximate surface area is 254 Å². The third-order valence-electron chi connectivity index (χ3n) is 7.96. The van der Waals surface area contributed by atoms with E-state index in [0.717, 1.165) is 46.7 Å². The number of sulfonamides is 1. The average molecular weight is 610 g/mol. The van der Waals surface area contributed by atoms with E-state index in [1.807, 2.05) is 45.0 Å². The summed E-state index contributed by atoms with van der Waals surface area (Å²) >= 11 is 6.42. The van der Waals surface area contributed by atoms with Crippen molar-refractivity contribution in [1.82, 2.24) is 10.2 Å². The molecule has 3 aromatic rings. The van der Waals surface area contributed by atoms with Crippen molar-refractivity contribution in [3.05, 3.63) is 94.0 Å². The quantitative estimate of drug-likeness (QED) is 0.275. The Hall–Kier alpha value is -3.36. The summed E-state index contributed by atoms with van der Waals surface area (Å²) < 4.78 is 29.3. The van der Waals surface area contributed by atoms with E-state index in [0.29, 0.717) is 22.7 Å². The third-order valence-corrected chi connectivity index (χ3v) is 10.1. The summed E-state index contributed by atoms with van der Waals surface area (Å²) in [4.78, 5) is 29.4. The molecule has 1 N–H and O–H groups in total. The Morgan fingerprint density at radius 3 is 2.12 bits per heavy atom. The van der Waals surface area contributed by atoms with E-state index in [4.69, 9.17) is 11.6 Å². The summed E-state index contributed by atoms with van der Waals surface area (Å²) in [5.74, 6) is -0.684. The van der Waals surface area contributed by atoms with Crippen molar-refractivity contribution < 1.29 is 18.0 Å². The molecular weight excluding hydrogens is 570 g/mol. The van der Waals surface area contributed by atoms with Gasteiger partial charge in [-0.25, -0.2) is 8.42 Å². The first kappa shape index (κ1) is 31.6. The van der Waals surface area contributed by atoms with Crippen LogP contribution in [0.3, 0.4) is 0 Å². The van der Waals surface area contributed by atoms with Crippen molar-refractivity contribution in [3.63, 3.8) is 0 Å². The number of nitrogens with zero attached hydrogens (tertiary/aromatic N) is 2. The first-order valence-corrected chi connectivity index (χ1v) is 16.3. The number of anilines is 1. The van der Waals surface area contributed by atoms with Gasteiger partial charge in [0.05, 0.1) is 10.6 Å². The molecule has 3 aromatic carbocycles. The number of hydrogen-bond acceptors (Lipinski definition) is 4. The van der Waals surface area contributed by atoms with E-state index in [2.05, 4.69) is 5.32 Å². The third kappa shape index (κ3) is 7.34. The van der Waals surface area contributed by atoms with Gasteiger partial charge in [0.25, 0.3) is 10.0 Å². The lowest BCUT2D eigenvalue weighted by Gasteiger charge is -2.34. The first-order valence-electron chi connectivity index (χ1n) is 14.5. The van der Waals surface area contributed by atoms with Crippen LogP contribution in [0, 0.1) is 20.8 Å². The lowest BCUT2D eigenvalue weighted by atomic mass is 10.1. The van der Waals surface area contributed by atoms with Gasteiger partial charge in [-0.3, -0.25) is 13.9 Å². The number of rotatable bonds is 11. The summed E-state index contributed by atoms with van der Waals surface area (Å²) in [5.41, 5.74) is 3.70. The maximum atomic E-state index is 14.3. The first-order chi connectivity index (χ1) is 20.0. The number of nitrogens with one attached hydrogen (secondary N) is 1. The minimum absolute atomic E-state index is 0.0661. The van der Waals surface area contributed by atoms with Crippen molar-refractivity contribution in [2.75, 3.05) is 10.8 Å². The second-order valence-electron chi connectivity index (χ2n) is 11.1. The molecule has 42 heavy (non-hydrogen) atoms. The average Bonchev–Trinajstić information content (AvgIpc) is 3.47. The Morgan fingerprint density at radius 1 is 0.929 bits per heavy atom. The van der Waals surface area contributed by atoms with Crippen LogP contribution >= 0.6 is 11.6 Å². The van der Waals surface area contributed by atoms with Crippen molar-refractivity contribution in [1.29, 1.82) is 0 Å². The highest BCUT2D eigenvalue weighted by Crippen LogP contribution is 2.31. The minimum Gasteiger partial charge on any atom is -0.352 e. The molecule has 0 aliphatic heterocycles. The number of amides is 2. The monoisotopic (exact) mass is 609 g/mol. The Bertz CT molecular complexity index is 1500. The van der Waals surface area contributed by atoms with Crippen LogP contribution in [0.4, 0.5) is 5.69 Å². The molecule has 1 aliphatic rings. The van der Waals surface area contributed by atoms with Crippen molar-refractivity contribution in [3.8, 4) is 0 Å². The summed E-state index contributed by atoms with van der Waals surface area (Å²) in [7, 11) is -4.16. The zero-order valence-electron chi connectivity index (χ0n) is 24.8. The van der Waals surface area contributed by atoms with Gasteiger partial charge in [-0.05, 0) is 75.4 Å². The number of aryl methyl sites for hydroxylation is 2. The van der Waals surface area contributed by atoms with Gasteiger partial charge in [0.1, 0.15) is 12.6 Å². The zero-order valence-corrected chi connectivity index (χ0v) is 26.3. The van der Waals surface area contributed by atoms with Crippen LogP contribution in [0.2, 0.25) is 5.02 Å². The van der Waals surface area contributed by atoms with Gasteiger partial charge < -0.3 is 10.2 Å². The zero-order chi connectivity index (χ0) is 30.4. The van der Waals surface area contributed by atoms with Gasteiger partial charge in [-0.15, -0.1) is 0 Å². The van der Waals surface area contributed by atoms with Crippen molar-refractivity contribution in [2.24, 2.45) is 0 Å². The van der Waals surface area contributed by atoms with Gasteiger partial charge >= 0.3 is 0 Å². The molecule has 1 saturated carbocycles. The molecule has 0 radical (unpaired) electrons. The van der Waals surface area contributed by atoms with E-state index in [1.54, 1.807) is 37.3 Å². The Balaban J connectivity index is 1.74. The number of halogens is 1. The molecule has 9 heteroatoms. The highest BCUT2D eigenvalue weighted by Gasteiger charge is 2.35. The predicted molar refractivity (Wildman–Crippen MR) is 168 cm³/mol. The van der Waals surface area contributed by atoms with Gasteiger partial charge in [-0.1, -0.05) is 85.0 Å². The molecule has 224 valence electrons. The topological polar surface area (TPSA) is 86.8 Å². The van der Waals surface area contributed by atoms with Crippen molar-refractivity contribution >= 4 is 39.1 Å². The summed E-state index contributed by atoms with van der Waals surface area (Å²) in [5, 5.41) is 3.53. The maximum absolute atomic E-state index is 14.3. The molecule has 0 heterocycles. The van der Waals surface area contributed by atoms with E-state index < -0.39 is 28.5 Å². The second-order valence-corrected chi connectivity index (χ2v) is 13.4. The van der Waals surface area contributed by atoms with Crippen LogP contribution in [0.5, 0.6) is 0 Å². The Morgan fingerprint density at radius 2 is 1.52 bits per heavy atom. The lowest BCUT2D eigenvalue weighted by Crippen LogP contribution is -2.53. The lowest BCUT2D eigenvalue weighted by molar-refractivity contribution is -0.140.